The zero-order valence-electron chi connectivity index (χ0n) is 14.1. The molecule has 1 aliphatic heterocycles. The molecule has 1 atom stereocenters. The molecule has 1 aromatic carbocycles. The first kappa shape index (κ1) is 16.7. The van der Waals surface area contributed by atoms with E-state index in [1.807, 2.05) is 12.1 Å². The summed E-state index contributed by atoms with van der Waals surface area (Å²) in [5, 5.41) is 3.41. The maximum absolute atomic E-state index is 5.21. The van der Waals surface area contributed by atoms with Gasteiger partial charge in [0.15, 0.2) is 5.96 Å². The average Bonchev–Trinajstić information content (AvgIpc) is 3.08. The molecule has 1 saturated heterocycles. The molecule has 1 unspecified atom stereocenters. The number of nitrogens with zero attached hydrogens (tertiary/aromatic N) is 2. The summed E-state index contributed by atoms with van der Waals surface area (Å²) in [7, 11) is 1.70. The van der Waals surface area contributed by atoms with Crippen molar-refractivity contribution < 1.29 is 4.74 Å². The summed E-state index contributed by atoms with van der Waals surface area (Å²) < 4.78 is 5.21. The Morgan fingerprint density at radius 3 is 2.55 bits per heavy atom. The lowest BCUT2D eigenvalue weighted by Gasteiger charge is -2.21. The van der Waals surface area contributed by atoms with Crippen LogP contribution in [0.25, 0.3) is 0 Å². The highest BCUT2D eigenvalue weighted by molar-refractivity contribution is 5.80. The molecule has 1 heterocycles. The molecule has 1 N–H and O–H groups in total. The van der Waals surface area contributed by atoms with Gasteiger partial charge in [0, 0.05) is 26.2 Å². The van der Waals surface area contributed by atoms with Crippen LogP contribution < -0.4 is 10.1 Å². The number of methoxy groups -OCH3 is 1. The summed E-state index contributed by atoms with van der Waals surface area (Å²) in [5.41, 5.74) is 1.35. The number of likely N-dealkylation sites (tertiary alicyclic amines) is 1. The van der Waals surface area contributed by atoms with Crippen molar-refractivity contribution in [2.45, 2.75) is 39.0 Å². The number of hydrogen-bond acceptors (Lipinski definition) is 2. The van der Waals surface area contributed by atoms with Gasteiger partial charge in [-0.05, 0) is 49.8 Å². The normalized spacial score (nSPS) is 16.7. The van der Waals surface area contributed by atoms with Gasteiger partial charge >= 0.3 is 0 Å². The first-order valence-corrected chi connectivity index (χ1v) is 8.41. The van der Waals surface area contributed by atoms with E-state index in [-0.39, 0.29) is 0 Å². The summed E-state index contributed by atoms with van der Waals surface area (Å²) in [6.45, 7) is 8.47. The smallest absolute Gasteiger partial charge is 0.193 e. The lowest BCUT2D eigenvalue weighted by Crippen LogP contribution is -2.39. The van der Waals surface area contributed by atoms with Gasteiger partial charge in [0.1, 0.15) is 5.75 Å². The van der Waals surface area contributed by atoms with Crippen LogP contribution in [0.4, 0.5) is 0 Å². The molecule has 0 spiro atoms. The summed E-state index contributed by atoms with van der Waals surface area (Å²) in [6, 6.07) is 8.37. The maximum atomic E-state index is 5.21. The molecule has 4 nitrogen and oxygen atoms in total. The second-order valence-corrected chi connectivity index (χ2v) is 5.89. The van der Waals surface area contributed by atoms with E-state index in [9.17, 15) is 0 Å². The Bertz CT molecular complexity index is 464. The van der Waals surface area contributed by atoms with Gasteiger partial charge in [0.2, 0.25) is 0 Å². The Hall–Kier alpha value is -1.71. The SMILES string of the molecule is CCNC(=NCCC(C)c1ccc(OC)cc1)N1CCCC1. The van der Waals surface area contributed by atoms with E-state index in [1.165, 1.54) is 18.4 Å². The van der Waals surface area contributed by atoms with Crippen molar-refractivity contribution in [3.8, 4) is 5.75 Å². The van der Waals surface area contributed by atoms with E-state index in [2.05, 4.69) is 36.2 Å². The number of rotatable bonds is 6. The van der Waals surface area contributed by atoms with Crippen molar-refractivity contribution in [2.75, 3.05) is 33.3 Å². The summed E-state index contributed by atoms with van der Waals surface area (Å²) in [6.07, 6.45) is 3.63. The molecule has 0 bridgehead atoms. The topological polar surface area (TPSA) is 36.9 Å². The fourth-order valence-electron chi connectivity index (χ4n) is 2.82. The molecule has 0 aliphatic carbocycles. The Kier molecular flexibility index (Phi) is 6.56. The lowest BCUT2D eigenvalue weighted by molar-refractivity contribution is 0.414. The number of nitrogens with one attached hydrogen (secondary N) is 1. The molecule has 1 aromatic rings. The zero-order chi connectivity index (χ0) is 15.8. The molecular formula is C18H29N3O. The van der Waals surface area contributed by atoms with Crippen molar-refractivity contribution in [1.82, 2.24) is 10.2 Å². The van der Waals surface area contributed by atoms with Crippen LogP contribution in [0.2, 0.25) is 0 Å². The van der Waals surface area contributed by atoms with Gasteiger partial charge in [-0.3, -0.25) is 4.99 Å². The lowest BCUT2D eigenvalue weighted by atomic mass is 9.98. The van der Waals surface area contributed by atoms with Crippen LogP contribution in [-0.4, -0.2) is 44.1 Å². The van der Waals surface area contributed by atoms with E-state index < -0.39 is 0 Å². The van der Waals surface area contributed by atoms with Crippen LogP contribution in [0, 0.1) is 0 Å². The third-order valence-electron chi connectivity index (χ3n) is 4.25. The van der Waals surface area contributed by atoms with Crippen LogP contribution in [0.5, 0.6) is 5.75 Å². The van der Waals surface area contributed by atoms with Crippen LogP contribution in [0.1, 0.15) is 44.6 Å². The molecule has 2 rings (SSSR count). The van der Waals surface area contributed by atoms with Crippen molar-refractivity contribution in [3.05, 3.63) is 29.8 Å². The second-order valence-electron chi connectivity index (χ2n) is 5.89. The number of benzene rings is 1. The molecule has 0 aromatic heterocycles. The minimum absolute atomic E-state index is 0.510. The van der Waals surface area contributed by atoms with E-state index in [0.717, 1.165) is 44.3 Å². The van der Waals surface area contributed by atoms with Crippen molar-refractivity contribution in [3.63, 3.8) is 0 Å². The fraction of sp³-hybridized carbons (Fsp3) is 0.611. The number of hydrogen-bond donors (Lipinski definition) is 1. The van der Waals surface area contributed by atoms with Crippen LogP contribution in [0.15, 0.2) is 29.3 Å². The van der Waals surface area contributed by atoms with Gasteiger partial charge in [-0.2, -0.15) is 0 Å². The summed E-state index contributed by atoms with van der Waals surface area (Å²) in [4.78, 5) is 7.18. The molecule has 22 heavy (non-hydrogen) atoms. The number of guanidine groups is 1. The molecule has 0 saturated carbocycles. The van der Waals surface area contributed by atoms with E-state index in [4.69, 9.17) is 9.73 Å². The molecule has 1 fully saturated rings. The van der Waals surface area contributed by atoms with E-state index in [1.54, 1.807) is 7.11 Å². The monoisotopic (exact) mass is 303 g/mol. The number of aliphatic imine (C=N–C) groups is 1. The molecular weight excluding hydrogens is 274 g/mol. The minimum Gasteiger partial charge on any atom is -0.497 e. The first-order chi connectivity index (χ1) is 10.7. The highest BCUT2D eigenvalue weighted by Crippen LogP contribution is 2.21. The number of ether oxygens (including phenoxy) is 1. The molecule has 0 radical (unpaired) electrons. The molecule has 1 aliphatic rings. The fourth-order valence-corrected chi connectivity index (χ4v) is 2.82. The average molecular weight is 303 g/mol. The Morgan fingerprint density at radius 1 is 1.27 bits per heavy atom. The molecule has 0 amide bonds. The third kappa shape index (κ3) is 4.65. The highest BCUT2D eigenvalue weighted by atomic mass is 16.5. The first-order valence-electron chi connectivity index (χ1n) is 8.41. The zero-order valence-corrected chi connectivity index (χ0v) is 14.1. The summed E-state index contributed by atoms with van der Waals surface area (Å²) >= 11 is 0. The second kappa shape index (κ2) is 8.66. The van der Waals surface area contributed by atoms with Gasteiger partial charge in [-0.25, -0.2) is 0 Å². The van der Waals surface area contributed by atoms with Crippen molar-refractivity contribution in [2.24, 2.45) is 4.99 Å². The molecule has 4 heteroatoms. The maximum Gasteiger partial charge on any atom is 0.193 e. The van der Waals surface area contributed by atoms with Gasteiger partial charge < -0.3 is 15.0 Å². The third-order valence-corrected chi connectivity index (χ3v) is 4.25. The van der Waals surface area contributed by atoms with E-state index in [0.29, 0.717) is 5.92 Å². The van der Waals surface area contributed by atoms with Gasteiger partial charge in [0.05, 0.1) is 7.11 Å². The minimum atomic E-state index is 0.510. The van der Waals surface area contributed by atoms with Crippen molar-refractivity contribution >= 4 is 5.96 Å². The quantitative estimate of drug-likeness (QED) is 0.647. The van der Waals surface area contributed by atoms with Gasteiger partial charge in [0.25, 0.3) is 0 Å². The predicted molar refractivity (Wildman–Crippen MR) is 92.8 cm³/mol. The van der Waals surface area contributed by atoms with E-state index >= 15 is 0 Å². The predicted octanol–water partition coefficient (Wildman–Crippen LogP) is 3.25. The largest absolute Gasteiger partial charge is 0.497 e. The molecule has 122 valence electrons. The Labute approximate surface area is 134 Å². The van der Waals surface area contributed by atoms with Crippen LogP contribution >= 0.6 is 0 Å². The standard InChI is InChI=1S/C18H29N3O/c1-4-19-18(21-13-5-6-14-21)20-12-11-15(2)16-7-9-17(22-3)10-8-16/h7-10,15H,4-6,11-14H2,1-3H3,(H,19,20). The van der Waals surface area contributed by atoms with Gasteiger partial charge in [-0.15, -0.1) is 0 Å². The van der Waals surface area contributed by atoms with Crippen LogP contribution in [-0.2, 0) is 0 Å². The Balaban J connectivity index is 1.87. The Morgan fingerprint density at radius 2 is 1.95 bits per heavy atom. The summed E-state index contributed by atoms with van der Waals surface area (Å²) in [5.74, 6) is 2.51. The van der Waals surface area contributed by atoms with Gasteiger partial charge in [-0.1, -0.05) is 19.1 Å². The highest BCUT2D eigenvalue weighted by Gasteiger charge is 2.15. The van der Waals surface area contributed by atoms with Crippen molar-refractivity contribution in [1.29, 1.82) is 0 Å². The van der Waals surface area contributed by atoms with Crippen LogP contribution in [0.3, 0.4) is 0 Å².